The summed E-state index contributed by atoms with van der Waals surface area (Å²) in [4.78, 5) is 2.47. The molecule has 7 heteroatoms. The van der Waals surface area contributed by atoms with Gasteiger partial charge in [0.2, 0.25) is 10.0 Å². The first-order valence-electron chi connectivity index (χ1n) is 10.5. The molecule has 0 aromatic heterocycles. The molecule has 1 aliphatic carbocycles. The van der Waals surface area contributed by atoms with Crippen LogP contribution < -0.4 is 4.74 Å². The van der Waals surface area contributed by atoms with Gasteiger partial charge in [0.05, 0.1) is 6.61 Å². The summed E-state index contributed by atoms with van der Waals surface area (Å²) >= 11 is 0. The molecule has 3 atom stereocenters. The minimum Gasteiger partial charge on any atom is -0.487 e. The van der Waals surface area contributed by atoms with Crippen molar-refractivity contribution in [1.29, 1.82) is 0 Å². The molecule has 0 bridgehead atoms. The highest BCUT2D eigenvalue weighted by Gasteiger charge is 2.38. The van der Waals surface area contributed by atoms with E-state index in [1.54, 1.807) is 25.1 Å². The highest BCUT2D eigenvalue weighted by molar-refractivity contribution is 7.89. The van der Waals surface area contributed by atoms with E-state index in [-0.39, 0.29) is 23.5 Å². The minimum atomic E-state index is -3.77. The molecule has 6 nitrogen and oxygen atoms in total. The van der Waals surface area contributed by atoms with Gasteiger partial charge in [-0.05, 0) is 57.4 Å². The Bertz CT molecular complexity index is 835. The van der Waals surface area contributed by atoms with Gasteiger partial charge in [-0.15, -0.1) is 0 Å². The molecule has 0 unspecified atom stereocenters. The summed E-state index contributed by atoms with van der Waals surface area (Å²) in [6, 6.07) is 4.73. The molecular formula is C22H34N2O4S. The molecule has 1 heterocycles. The van der Waals surface area contributed by atoms with Crippen molar-refractivity contribution in [2.45, 2.75) is 50.7 Å². The third kappa shape index (κ3) is 5.20. The topological polar surface area (TPSA) is 70.1 Å². The molecule has 1 aromatic carbocycles. The highest BCUT2D eigenvalue weighted by Crippen LogP contribution is 2.35. The summed E-state index contributed by atoms with van der Waals surface area (Å²) in [7, 11) is -1.66. The van der Waals surface area contributed by atoms with Crippen LogP contribution in [0.15, 0.2) is 29.2 Å². The van der Waals surface area contributed by atoms with Crippen LogP contribution in [0.5, 0.6) is 5.75 Å². The number of aliphatic hydroxyl groups excluding tert-OH is 1. The van der Waals surface area contributed by atoms with Crippen LogP contribution in [0.4, 0.5) is 0 Å². The molecule has 0 saturated heterocycles. The predicted molar refractivity (Wildman–Crippen MR) is 115 cm³/mol. The molecule has 1 N–H and O–H groups in total. The van der Waals surface area contributed by atoms with Crippen LogP contribution in [-0.4, -0.2) is 68.2 Å². The quantitative estimate of drug-likeness (QED) is 0.732. The average molecular weight is 423 g/mol. The maximum absolute atomic E-state index is 13.4. The van der Waals surface area contributed by atoms with E-state index >= 15 is 0 Å². The normalized spacial score (nSPS) is 26.0. The highest BCUT2D eigenvalue weighted by atomic mass is 32.2. The van der Waals surface area contributed by atoms with Crippen molar-refractivity contribution in [3.05, 3.63) is 29.8 Å². The Morgan fingerprint density at radius 1 is 1.34 bits per heavy atom. The maximum Gasteiger partial charge on any atom is 0.247 e. The van der Waals surface area contributed by atoms with Crippen molar-refractivity contribution in [3.63, 3.8) is 0 Å². The van der Waals surface area contributed by atoms with Crippen molar-refractivity contribution >= 4 is 16.1 Å². The Hall–Kier alpha value is -1.41. The van der Waals surface area contributed by atoms with Gasteiger partial charge in [0.1, 0.15) is 16.7 Å². The van der Waals surface area contributed by atoms with Crippen LogP contribution in [0.1, 0.15) is 39.2 Å². The first-order chi connectivity index (χ1) is 13.8. The third-order valence-corrected chi connectivity index (χ3v) is 7.83. The van der Waals surface area contributed by atoms with Gasteiger partial charge in [-0.25, -0.2) is 8.42 Å². The number of hydrogen-bond donors (Lipinski definition) is 1. The monoisotopic (exact) mass is 422 g/mol. The lowest BCUT2D eigenvalue weighted by Gasteiger charge is -2.37. The van der Waals surface area contributed by atoms with E-state index in [4.69, 9.17) is 4.74 Å². The van der Waals surface area contributed by atoms with E-state index < -0.39 is 16.1 Å². The van der Waals surface area contributed by atoms with Crippen LogP contribution >= 0.6 is 0 Å². The standard InChI is InChI=1S/C22H34N2O4S/c1-5-6-18-9-10-22-20(11-18)28-21(14-23(4)13-19-7-8-19)16(2)12-24(17(3)15-25)29(22,26)27/h5-6,9-11,16-17,19,21,25H,7-8,12-15H2,1-4H3/b6-5+/t16-,17-,21-/m0/s1. The van der Waals surface area contributed by atoms with Crippen LogP contribution in [-0.2, 0) is 10.0 Å². The number of aliphatic hydroxyl groups is 1. The zero-order valence-corrected chi connectivity index (χ0v) is 18.7. The molecule has 1 fully saturated rings. The lowest BCUT2D eigenvalue weighted by atomic mass is 10.0. The first-order valence-corrected chi connectivity index (χ1v) is 11.9. The van der Waals surface area contributed by atoms with Crippen LogP contribution in [0.2, 0.25) is 0 Å². The van der Waals surface area contributed by atoms with Gasteiger partial charge in [-0.2, -0.15) is 4.31 Å². The van der Waals surface area contributed by atoms with Crippen LogP contribution in [0.25, 0.3) is 6.08 Å². The number of ether oxygens (including phenoxy) is 1. The maximum atomic E-state index is 13.4. The Labute approximate surface area is 175 Å². The van der Waals surface area contributed by atoms with E-state index in [0.717, 1.165) is 24.6 Å². The Kier molecular flexibility index (Phi) is 7.04. The number of likely N-dealkylation sites (N-methyl/N-ethyl adjacent to an activating group) is 1. The number of hydrogen-bond acceptors (Lipinski definition) is 5. The minimum absolute atomic E-state index is 0.0149. The molecule has 29 heavy (non-hydrogen) atoms. The smallest absolute Gasteiger partial charge is 0.247 e. The SMILES string of the molecule is C/C=C/c1ccc2c(c1)O[C@@H](CN(C)CC1CC1)[C@@H](C)CN([C@@H](C)CO)S2(=O)=O. The molecule has 0 spiro atoms. The molecule has 1 saturated carbocycles. The number of benzene rings is 1. The predicted octanol–water partition coefficient (Wildman–Crippen LogP) is 2.83. The van der Waals surface area contributed by atoms with Crippen molar-refractivity contribution in [1.82, 2.24) is 9.21 Å². The number of allylic oxidation sites excluding steroid dienone is 1. The molecule has 3 rings (SSSR count). The number of fused-ring (bicyclic) bond motifs is 1. The Balaban J connectivity index is 1.99. The molecule has 2 aliphatic rings. The summed E-state index contributed by atoms with van der Waals surface area (Å²) < 4.78 is 34.6. The molecule has 162 valence electrons. The second-order valence-electron chi connectivity index (χ2n) is 8.61. The molecular weight excluding hydrogens is 388 g/mol. The van der Waals surface area contributed by atoms with Crippen LogP contribution in [0, 0.1) is 11.8 Å². The molecule has 1 aromatic rings. The Morgan fingerprint density at radius 2 is 2.07 bits per heavy atom. The Morgan fingerprint density at radius 3 is 2.69 bits per heavy atom. The lowest BCUT2D eigenvalue weighted by molar-refractivity contribution is 0.0740. The van der Waals surface area contributed by atoms with Crippen molar-refractivity contribution in [3.8, 4) is 5.75 Å². The van der Waals surface area contributed by atoms with Gasteiger partial charge in [0.25, 0.3) is 0 Å². The van der Waals surface area contributed by atoms with Gasteiger partial charge in [-0.3, -0.25) is 0 Å². The summed E-state index contributed by atoms with van der Waals surface area (Å²) in [5.41, 5.74) is 0.904. The number of rotatable bonds is 7. The zero-order chi connectivity index (χ0) is 21.2. The van der Waals surface area contributed by atoms with Crippen molar-refractivity contribution < 1.29 is 18.3 Å². The van der Waals surface area contributed by atoms with Crippen molar-refractivity contribution in [2.75, 3.05) is 33.3 Å². The van der Waals surface area contributed by atoms with Gasteiger partial charge in [0.15, 0.2) is 0 Å². The van der Waals surface area contributed by atoms with Gasteiger partial charge in [-0.1, -0.05) is 25.1 Å². The largest absolute Gasteiger partial charge is 0.487 e. The summed E-state index contributed by atoms with van der Waals surface area (Å²) in [6.07, 6.45) is 6.30. The lowest BCUT2D eigenvalue weighted by Crippen LogP contribution is -2.49. The summed E-state index contributed by atoms with van der Waals surface area (Å²) in [5.74, 6) is 1.16. The van der Waals surface area contributed by atoms with E-state index in [2.05, 4.69) is 11.9 Å². The summed E-state index contributed by atoms with van der Waals surface area (Å²) in [5, 5.41) is 9.69. The first kappa shape index (κ1) is 22.3. The summed E-state index contributed by atoms with van der Waals surface area (Å²) in [6.45, 7) is 7.60. The van der Waals surface area contributed by atoms with Crippen molar-refractivity contribution in [2.24, 2.45) is 11.8 Å². The van der Waals surface area contributed by atoms with Gasteiger partial charge in [0, 0.05) is 31.6 Å². The fourth-order valence-electron chi connectivity index (χ4n) is 3.88. The van der Waals surface area contributed by atoms with E-state index in [1.165, 1.54) is 17.1 Å². The number of nitrogens with zero attached hydrogens (tertiary/aromatic N) is 2. The third-order valence-electron chi connectivity index (χ3n) is 5.81. The van der Waals surface area contributed by atoms with E-state index in [9.17, 15) is 13.5 Å². The fraction of sp³-hybridized carbons (Fsp3) is 0.636. The fourth-order valence-corrected chi connectivity index (χ4v) is 5.70. The van der Waals surface area contributed by atoms with Crippen LogP contribution in [0.3, 0.4) is 0 Å². The van der Waals surface area contributed by atoms with Gasteiger partial charge >= 0.3 is 0 Å². The van der Waals surface area contributed by atoms with Gasteiger partial charge < -0.3 is 14.7 Å². The average Bonchev–Trinajstić information content (AvgIpc) is 3.48. The molecule has 0 radical (unpaired) electrons. The second-order valence-corrected chi connectivity index (χ2v) is 10.5. The number of sulfonamides is 1. The van der Waals surface area contributed by atoms with E-state index in [1.807, 2.05) is 26.0 Å². The van der Waals surface area contributed by atoms with E-state index in [0.29, 0.717) is 12.3 Å². The zero-order valence-electron chi connectivity index (χ0n) is 17.9. The second kappa shape index (κ2) is 9.16. The molecule has 1 aliphatic heterocycles. The molecule has 0 amide bonds.